The van der Waals surface area contributed by atoms with Crippen LogP contribution >= 0.6 is 7.92 Å². The summed E-state index contributed by atoms with van der Waals surface area (Å²) in [7, 11) is 4.16. The van der Waals surface area contributed by atoms with Crippen molar-refractivity contribution in [2.45, 2.75) is 59.4 Å². The summed E-state index contributed by atoms with van der Waals surface area (Å²) in [4.78, 5) is 23.9. The number of fused-ring (bicyclic) bond motifs is 10. The molecule has 4 heteroatoms. The molecular weight excluding hydrogens is 441 g/mol. The van der Waals surface area contributed by atoms with Crippen molar-refractivity contribution in [1.82, 2.24) is 4.90 Å². The Morgan fingerprint density at radius 3 is 1.71 bits per heavy atom. The van der Waals surface area contributed by atoms with Crippen molar-refractivity contribution in [3.8, 4) is 0 Å². The van der Waals surface area contributed by atoms with Gasteiger partial charge in [-0.15, -0.1) is 0 Å². The number of hydrogen-bond donors (Lipinski definition) is 0. The molecule has 2 nitrogen and oxygen atoms in total. The molecule has 0 bridgehead atoms. The van der Waals surface area contributed by atoms with Crippen molar-refractivity contribution in [1.29, 1.82) is 0 Å². The van der Waals surface area contributed by atoms with Gasteiger partial charge in [-0.3, -0.25) is 0 Å². The number of aldehydes is 1. The van der Waals surface area contributed by atoms with Gasteiger partial charge in [-0.1, -0.05) is 0 Å². The van der Waals surface area contributed by atoms with Gasteiger partial charge in [0.1, 0.15) is 0 Å². The molecule has 0 N–H and O–H groups in total. The number of carbonyl (C=O) groups excluding carboxylic acids is 1. The van der Waals surface area contributed by atoms with E-state index < -0.39 is 14.4 Å². The van der Waals surface area contributed by atoms with Gasteiger partial charge in [0.25, 0.3) is 0 Å². The van der Waals surface area contributed by atoms with E-state index in [1.807, 2.05) is 0 Å². The fraction of sp³-hybridized carbons (Fsp3) is 0.519. The van der Waals surface area contributed by atoms with E-state index in [-0.39, 0.29) is 4.31 Å². The molecule has 10 fully saturated rings. The standard InChI is InChI=1S/C22H23NOP.C5H5.Fe/c1-17(23(2)3)20-14-15-22(21(20)16-24)25(18-10-6-4-7-11-18)19-12-8-5-9-13-19;1-2-4-5-3-1;/h4-17H,1-3H3;1-5H;. The summed E-state index contributed by atoms with van der Waals surface area (Å²) >= 11 is 0. The van der Waals surface area contributed by atoms with E-state index in [0.717, 1.165) is 33.7 Å². The Balaban J connectivity index is 1.29. The normalized spacial score (nSPS) is 76.6. The van der Waals surface area contributed by atoms with E-state index in [1.165, 1.54) is 0 Å². The fourth-order valence-electron chi connectivity index (χ4n) is 21.4. The van der Waals surface area contributed by atoms with Gasteiger partial charge in [0.05, 0.1) is 0 Å². The number of hydrogen-bond acceptors (Lipinski definition) is 2. The van der Waals surface area contributed by atoms with Gasteiger partial charge < -0.3 is 0 Å². The molecule has 2 aromatic carbocycles. The second-order valence-electron chi connectivity index (χ2n) is 14.7. The van der Waals surface area contributed by atoms with Crippen LogP contribution in [-0.2, 0) is 11.3 Å². The Morgan fingerprint density at radius 1 is 0.871 bits per heavy atom. The van der Waals surface area contributed by atoms with Gasteiger partial charge in [0, 0.05) is 0 Å². The van der Waals surface area contributed by atoms with Gasteiger partial charge in [-0.2, -0.15) is 0 Å². The van der Waals surface area contributed by atoms with E-state index in [4.69, 9.17) is 0 Å². The van der Waals surface area contributed by atoms with E-state index >= 15 is 0 Å². The van der Waals surface area contributed by atoms with Crippen LogP contribution in [0.2, 0.25) is 42.3 Å². The Kier molecular flexibility index (Phi) is 0.929. The maximum absolute atomic E-state index is 13.7. The molecule has 6 unspecified atom stereocenters. The van der Waals surface area contributed by atoms with Gasteiger partial charge in [0.15, 0.2) is 0 Å². The zero-order chi connectivity index (χ0) is 20.5. The maximum atomic E-state index is 13.7. The van der Waals surface area contributed by atoms with Crippen molar-refractivity contribution < 1.29 is 11.3 Å². The topological polar surface area (TPSA) is 20.3 Å². The van der Waals surface area contributed by atoms with Crippen LogP contribution in [-0.4, -0.2) is 35.4 Å². The minimum absolute atomic E-state index is 0.167. The third-order valence-electron chi connectivity index (χ3n) is 19.1. The van der Waals surface area contributed by atoms with Gasteiger partial charge >= 0.3 is 175 Å². The predicted octanol–water partition coefficient (Wildman–Crippen LogP) is 5.31. The van der Waals surface area contributed by atoms with Crippen molar-refractivity contribution >= 4 is 24.8 Å². The summed E-state index contributed by atoms with van der Waals surface area (Å²) in [6.07, 6.45) is 1.71. The predicted molar refractivity (Wildman–Crippen MR) is 123 cm³/mol. The van der Waals surface area contributed by atoms with Crippen molar-refractivity contribution in [2.24, 2.45) is 0 Å². The molecule has 10 heterocycles. The molecule has 10 aliphatic rings. The van der Waals surface area contributed by atoms with E-state index in [2.05, 4.69) is 86.6 Å². The van der Waals surface area contributed by atoms with Gasteiger partial charge in [-0.25, -0.2) is 0 Å². The molecule has 0 amide bonds. The van der Waals surface area contributed by atoms with E-state index in [0.29, 0.717) is 14.4 Å². The van der Waals surface area contributed by atoms with Crippen LogP contribution in [0.4, 0.5) is 0 Å². The fourth-order valence-corrected chi connectivity index (χ4v) is 114. The third kappa shape index (κ3) is 0.264. The third-order valence-corrected chi connectivity index (χ3v) is 69.7. The van der Waals surface area contributed by atoms with Crippen molar-refractivity contribution in [2.75, 3.05) is 14.1 Å². The number of rotatable bonds is 6. The average molecular weight is 469 g/mol. The van der Waals surface area contributed by atoms with Crippen LogP contribution in [0.1, 0.15) is 6.92 Å². The monoisotopic (exact) mass is 469 g/mol. The van der Waals surface area contributed by atoms with E-state index in [1.54, 1.807) is 16.9 Å². The Morgan fingerprint density at radius 2 is 1.35 bits per heavy atom. The second kappa shape index (κ2) is 1.92. The van der Waals surface area contributed by atoms with Crippen LogP contribution in [0.3, 0.4) is 0 Å². The molecule has 2 aromatic rings. The first-order chi connectivity index (χ1) is 14.8. The molecule has 0 aromatic heterocycles. The Labute approximate surface area is 174 Å². The molecule has 0 radical (unpaired) electrons. The molecule has 0 saturated carbocycles. The minimum atomic E-state index is -4.08. The summed E-state index contributed by atoms with van der Waals surface area (Å²) in [5.41, 5.74) is 0. The van der Waals surface area contributed by atoms with Crippen LogP contribution < -0.4 is 10.6 Å². The molecule has 31 heavy (non-hydrogen) atoms. The Hall–Kier alpha value is -0.981. The molecule has 0 aliphatic carbocycles. The van der Waals surface area contributed by atoms with Gasteiger partial charge in [0.2, 0.25) is 0 Å². The SMILES string of the molecule is CC(N(C)C)[C]12[CH]3[CH]4[C]5(P(c6ccccc6)c6ccccc6)[C]1(C=O)[Fe]34251678[CH]2[CH]1[CH]6[CH]7[CH]28. The van der Waals surface area contributed by atoms with Crippen molar-refractivity contribution in [3.63, 3.8) is 0 Å². The molecule has 6 atom stereocenters. The van der Waals surface area contributed by atoms with Crippen LogP contribution in [0.5, 0.6) is 0 Å². The first-order valence-corrected chi connectivity index (χ1v) is 19.5. The van der Waals surface area contributed by atoms with E-state index in [9.17, 15) is 4.79 Å². The zero-order valence-electron chi connectivity index (χ0n) is 18.1. The second-order valence-corrected chi connectivity index (χ2v) is 40.4. The van der Waals surface area contributed by atoms with Gasteiger partial charge in [-0.05, 0) is 0 Å². The van der Waals surface area contributed by atoms with Crippen molar-refractivity contribution in [3.05, 3.63) is 60.7 Å². The first kappa shape index (κ1) is 15.0. The van der Waals surface area contributed by atoms with Crippen LogP contribution in [0.25, 0.3) is 0 Å². The summed E-state index contributed by atoms with van der Waals surface area (Å²) in [6, 6.07) is 23.7. The summed E-state index contributed by atoms with van der Waals surface area (Å²) in [6.45, 7) is -1.54. The molecule has 10 aliphatic heterocycles. The summed E-state index contributed by atoms with van der Waals surface area (Å²) in [5.74, 6) is 0. The molecular formula is C27H28FeNOP. The Bertz CT molecular complexity index is 1670. The molecule has 160 valence electrons. The number of carbonyl (C=O) groups is 1. The zero-order valence-corrected chi connectivity index (χ0v) is 20.1. The molecule has 12 rings (SSSR count). The van der Waals surface area contributed by atoms with Crippen LogP contribution in [0, 0.1) is 0 Å². The number of benzene rings is 2. The van der Waals surface area contributed by atoms with Crippen LogP contribution in [0.15, 0.2) is 60.7 Å². The quantitative estimate of drug-likeness (QED) is 0.325. The summed E-state index contributed by atoms with van der Waals surface area (Å²) < 4.78 is 1.13. The first-order valence-electron chi connectivity index (χ1n) is 12.1. The molecule has 10 saturated heterocycles. The number of nitrogens with zero attached hydrogens (tertiary/aromatic N) is 1. The summed E-state index contributed by atoms with van der Waals surface area (Å²) in [5, 5.41) is 3.15. The molecule has 1 spiro atoms. The average Bonchev–Trinajstić information content (AvgIpc) is 3.75.